The van der Waals surface area contributed by atoms with Gasteiger partial charge >= 0.3 is 0 Å². The van der Waals surface area contributed by atoms with Crippen LogP contribution in [0, 0.1) is 17.5 Å². The van der Waals surface area contributed by atoms with Gasteiger partial charge in [0.1, 0.15) is 18.2 Å². The molecule has 0 fully saturated rings. The molecule has 0 spiro atoms. The summed E-state index contributed by atoms with van der Waals surface area (Å²) in [5, 5.41) is 0. The van der Waals surface area contributed by atoms with Crippen LogP contribution in [0.5, 0.6) is 5.75 Å². The van der Waals surface area contributed by atoms with Crippen LogP contribution in [0.4, 0.5) is 13.2 Å². The number of hydrogen-bond acceptors (Lipinski definition) is 2. The first-order valence-electron chi connectivity index (χ1n) is 12.4. The number of halogens is 3. The Labute approximate surface area is 211 Å². The van der Waals surface area contributed by atoms with Crippen LogP contribution in [0.1, 0.15) is 42.9 Å². The van der Waals surface area contributed by atoms with Crippen LogP contribution in [0.15, 0.2) is 73.3 Å². The summed E-state index contributed by atoms with van der Waals surface area (Å²) < 4.78 is 55.3. The van der Waals surface area contributed by atoms with E-state index in [0.29, 0.717) is 54.9 Å². The molecule has 0 heterocycles. The molecule has 1 unspecified atom stereocenters. The minimum atomic E-state index is -0.780. The predicted octanol–water partition coefficient (Wildman–Crippen LogP) is 8.09. The molecule has 0 amide bonds. The molecule has 0 aliphatic heterocycles. The Bertz CT molecular complexity index is 1230. The average molecular weight is 493 g/mol. The Morgan fingerprint density at radius 3 is 2.39 bits per heavy atom. The van der Waals surface area contributed by atoms with E-state index >= 15 is 0 Å². The SMILES string of the molecule is C=CCOc1ccc(-c2ccc(CCc3ccc(C4=CCC(OCC)CC4)c(F)c3F)cc2)c(F)c1. The van der Waals surface area contributed by atoms with E-state index in [1.807, 2.05) is 37.3 Å². The van der Waals surface area contributed by atoms with Crippen molar-refractivity contribution in [2.24, 2.45) is 0 Å². The normalized spacial score (nSPS) is 15.4. The summed E-state index contributed by atoms with van der Waals surface area (Å²) >= 11 is 0. The van der Waals surface area contributed by atoms with Crippen molar-refractivity contribution in [3.8, 4) is 16.9 Å². The average Bonchev–Trinajstić information content (AvgIpc) is 2.90. The van der Waals surface area contributed by atoms with Crippen LogP contribution < -0.4 is 4.74 Å². The first-order valence-corrected chi connectivity index (χ1v) is 12.4. The molecular weight excluding hydrogens is 461 g/mol. The van der Waals surface area contributed by atoms with Gasteiger partial charge in [-0.05, 0) is 73.4 Å². The summed E-state index contributed by atoms with van der Waals surface area (Å²) in [6, 6.07) is 15.6. The van der Waals surface area contributed by atoms with Crippen LogP contribution in [0.3, 0.4) is 0 Å². The lowest BCUT2D eigenvalue weighted by atomic mass is 9.90. The summed E-state index contributed by atoms with van der Waals surface area (Å²) in [6.45, 7) is 6.51. The highest BCUT2D eigenvalue weighted by molar-refractivity contribution is 5.67. The zero-order valence-electron chi connectivity index (χ0n) is 20.5. The fourth-order valence-corrected chi connectivity index (χ4v) is 4.58. The first-order chi connectivity index (χ1) is 17.5. The van der Waals surface area contributed by atoms with Crippen LogP contribution >= 0.6 is 0 Å². The third-order valence-corrected chi connectivity index (χ3v) is 6.53. The molecule has 0 bridgehead atoms. The molecule has 2 nitrogen and oxygen atoms in total. The number of rotatable bonds is 10. The lowest BCUT2D eigenvalue weighted by molar-refractivity contribution is 0.0579. The van der Waals surface area contributed by atoms with E-state index < -0.39 is 11.6 Å². The third kappa shape index (κ3) is 6.08. The maximum atomic E-state index is 14.9. The van der Waals surface area contributed by atoms with E-state index in [9.17, 15) is 13.2 Å². The van der Waals surface area contributed by atoms with Gasteiger partial charge in [-0.15, -0.1) is 0 Å². The van der Waals surface area contributed by atoms with Gasteiger partial charge in [-0.3, -0.25) is 0 Å². The Kier molecular flexibility index (Phi) is 8.65. The number of aryl methyl sites for hydroxylation is 2. The summed E-state index contributed by atoms with van der Waals surface area (Å²) in [5.41, 5.74) is 3.72. The molecule has 3 aromatic carbocycles. The van der Waals surface area contributed by atoms with Crippen molar-refractivity contribution in [2.75, 3.05) is 13.2 Å². The molecule has 4 rings (SSSR count). The second-order valence-corrected chi connectivity index (χ2v) is 8.92. The molecular formula is C31H31F3O2. The highest BCUT2D eigenvalue weighted by atomic mass is 19.2. The lowest BCUT2D eigenvalue weighted by Gasteiger charge is -2.22. The third-order valence-electron chi connectivity index (χ3n) is 6.53. The topological polar surface area (TPSA) is 18.5 Å². The summed E-state index contributed by atoms with van der Waals surface area (Å²) in [7, 11) is 0. The Hall–Kier alpha value is -3.31. The summed E-state index contributed by atoms with van der Waals surface area (Å²) in [5.74, 6) is -1.48. The maximum absolute atomic E-state index is 14.9. The highest BCUT2D eigenvalue weighted by Gasteiger charge is 2.20. The molecule has 0 N–H and O–H groups in total. The fourth-order valence-electron chi connectivity index (χ4n) is 4.58. The molecule has 5 heteroatoms. The smallest absolute Gasteiger partial charge is 0.166 e. The molecule has 0 saturated heterocycles. The van der Waals surface area contributed by atoms with Gasteiger partial charge < -0.3 is 9.47 Å². The van der Waals surface area contributed by atoms with E-state index in [1.165, 1.54) is 6.07 Å². The van der Waals surface area contributed by atoms with E-state index in [1.54, 1.807) is 30.3 Å². The van der Waals surface area contributed by atoms with Gasteiger partial charge in [0.05, 0.1) is 6.10 Å². The van der Waals surface area contributed by atoms with Crippen molar-refractivity contribution in [1.82, 2.24) is 0 Å². The van der Waals surface area contributed by atoms with Crippen molar-refractivity contribution in [2.45, 2.75) is 45.1 Å². The van der Waals surface area contributed by atoms with E-state index in [4.69, 9.17) is 9.47 Å². The van der Waals surface area contributed by atoms with Gasteiger partial charge in [-0.2, -0.15) is 0 Å². The monoisotopic (exact) mass is 492 g/mol. The zero-order valence-corrected chi connectivity index (χ0v) is 20.5. The maximum Gasteiger partial charge on any atom is 0.166 e. The number of benzene rings is 3. The number of ether oxygens (including phenoxy) is 2. The predicted molar refractivity (Wildman–Crippen MR) is 139 cm³/mol. The van der Waals surface area contributed by atoms with E-state index in [-0.39, 0.29) is 11.9 Å². The van der Waals surface area contributed by atoms with Gasteiger partial charge in [-0.1, -0.05) is 55.1 Å². The minimum Gasteiger partial charge on any atom is -0.489 e. The van der Waals surface area contributed by atoms with E-state index in [2.05, 4.69) is 6.58 Å². The zero-order chi connectivity index (χ0) is 25.5. The van der Waals surface area contributed by atoms with Crippen LogP contribution in [-0.2, 0) is 17.6 Å². The molecule has 1 aliphatic carbocycles. The van der Waals surface area contributed by atoms with Gasteiger partial charge in [0.2, 0.25) is 0 Å². The van der Waals surface area contributed by atoms with Crippen molar-refractivity contribution in [3.63, 3.8) is 0 Å². The highest BCUT2D eigenvalue weighted by Crippen LogP contribution is 2.32. The number of allylic oxidation sites excluding steroid dienone is 1. The van der Waals surface area contributed by atoms with Crippen molar-refractivity contribution >= 4 is 5.57 Å². The van der Waals surface area contributed by atoms with Gasteiger partial charge in [0, 0.05) is 23.8 Å². The summed E-state index contributed by atoms with van der Waals surface area (Å²) in [6.07, 6.45) is 6.86. The summed E-state index contributed by atoms with van der Waals surface area (Å²) in [4.78, 5) is 0. The molecule has 36 heavy (non-hydrogen) atoms. The van der Waals surface area contributed by atoms with Crippen molar-refractivity contribution in [3.05, 3.63) is 107 Å². The van der Waals surface area contributed by atoms with E-state index in [0.717, 1.165) is 29.5 Å². The Morgan fingerprint density at radius 1 is 0.944 bits per heavy atom. The van der Waals surface area contributed by atoms with Gasteiger partial charge in [0.15, 0.2) is 11.6 Å². The lowest BCUT2D eigenvalue weighted by Crippen LogP contribution is -2.16. The standard InChI is InChI=1S/C31H31F3O2/c1-3-19-36-26-16-18-27(29(32)20-26)22-8-5-21(6-9-22)7-10-24-13-17-28(31(34)30(24)33)23-11-14-25(15-12-23)35-4-2/h3,5-6,8-9,11,13,16-18,20,25H,1,4,7,10,12,14-15,19H2,2H3. The largest absolute Gasteiger partial charge is 0.489 e. The second-order valence-electron chi connectivity index (χ2n) is 8.92. The van der Waals surface area contributed by atoms with Crippen LogP contribution in [0.2, 0.25) is 0 Å². The fraction of sp³-hybridized carbons (Fsp3) is 0.290. The van der Waals surface area contributed by atoms with Crippen molar-refractivity contribution in [1.29, 1.82) is 0 Å². The second kappa shape index (κ2) is 12.1. The Balaban J connectivity index is 1.40. The molecule has 3 aromatic rings. The van der Waals surface area contributed by atoms with Crippen LogP contribution in [-0.4, -0.2) is 19.3 Å². The van der Waals surface area contributed by atoms with Crippen molar-refractivity contribution < 1.29 is 22.6 Å². The molecule has 1 atom stereocenters. The Morgan fingerprint density at radius 2 is 1.72 bits per heavy atom. The molecule has 188 valence electrons. The molecule has 0 radical (unpaired) electrons. The first kappa shape index (κ1) is 25.8. The number of hydrogen-bond donors (Lipinski definition) is 0. The molecule has 0 aromatic heterocycles. The van der Waals surface area contributed by atoms with Gasteiger partial charge in [0.25, 0.3) is 0 Å². The molecule has 1 aliphatic rings. The van der Waals surface area contributed by atoms with Gasteiger partial charge in [-0.25, -0.2) is 13.2 Å². The minimum absolute atomic E-state index is 0.157. The van der Waals surface area contributed by atoms with Crippen LogP contribution in [0.25, 0.3) is 16.7 Å². The quantitative estimate of drug-likeness (QED) is 0.266. The molecule has 0 saturated carbocycles.